The monoisotopic (exact) mass is 293 g/mol. The Morgan fingerprint density at radius 3 is 2.50 bits per heavy atom. The van der Waals surface area contributed by atoms with Crippen molar-refractivity contribution in [2.45, 2.75) is 25.8 Å². The smallest absolute Gasteiger partial charge is 0.220 e. The van der Waals surface area contributed by atoms with E-state index >= 15 is 0 Å². The molecule has 104 valence electrons. The number of aryl methyl sites for hydroxylation is 1. The Bertz CT molecular complexity index is 322. The van der Waals surface area contributed by atoms with Gasteiger partial charge in [0.2, 0.25) is 5.91 Å². The van der Waals surface area contributed by atoms with Crippen LogP contribution in [0.1, 0.15) is 18.9 Å². The second kappa shape index (κ2) is 11.3. The predicted molar refractivity (Wildman–Crippen MR) is 78.6 cm³/mol. The summed E-state index contributed by atoms with van der Waals surface area (Å²) < 4.78 is 0. The summed E-state index contributed by atoms with van der Waals surface area (Å²) in [5.41, 5.74) is 1.15. The van der Waals surface area contributed by atoms with Gasteiger partial charge in [0.1, 0.15) is 0 Å². The average Bonchev–Trinajstić information content (AvgIpc) is 2.34. The summed E-state index contributed by atoms with van der Waals surface area (Å²) in [5, 5.41) is 5.96. The van der Waals surface area contributed by atoms with Crippen molar-refractivity contribution < 1.29 is 4.79 Å². The molecule has 4 nitrogen and oxygen atoms in total. The lowest BCUT2D eigenvalue weighted by Gasteiger charge is -2.11. The Hall–Kier alpha value is -0.840. The number of amides is 1. The third-order valence-corrected chi connectivity index (χ3v) is 2.49. The second-order valence-electron chi connectivity index (χ2n) is 3.85. The van der Waals surface area contributed by atoms with Crippen molar-refractivity contribution in [3.63, 3.8) is 0 Å². The van der Waals surface area contributed by atoms with Crippen LogP contribution in [0.15, 0.2) is 24.5 Å². The van der Waals surface area contributed by atoms with Crippen molar-refractivity contribution in [2.75, 3.05) is 13.6 Å². The van der Waals surface area contributed by atoms with Crippen molar-refractivity contribution in [3.05, 3.63) is 30.1 Å². The zero-order valence-electron chi connectivity index (χ0n) is 10.7. The lowest BCUT2D eigenvalue weighted by molar-refractivity contribution is -0.121. The summed E-state index contributed by atoms with van der Waals surface area (Å²) in [5.74, 6) is 0.0962. The van der Waals surface area contributed by atoms with E-state index in [1.54, 1.807) is 12.4 Å². The fourth-order valence-corrected chi connectivity index (χ4v) is 1.26. The number of hydrogen-bond acceptors (Lipinski definition) is 3. The van der Waals surface area contributed by atoms with Crippen LogP contribution in [0.2, 0.25) is 0 Å². The number of nitrogens with one attached hydrogen (secondary N) is 2. The van der Waals surface area contributed by atoms with Crippen LogP contribution in [-0.4, -0.2) is 30.5 Å². The molecule has 0 saturated carbocycles. The molecular weight excluding hydrogens is 273 g/mol. The van der Waals surface area contributed by atoms with Crippen molar-refractivity contribution >= 4 is 30.7 Å². The highest BCUT2D eigenvalue weighted by Gasteiger charge is 2.03. The lowest BCUT2D eigenvalue weighted by Crippen LogP contribution is -2.37. The molecule has 0 spiro atoms. The van der Waals surface area contributed by atoms with Gasteiger partial charge in [-0.1, -0.05) is 0 Å². The van der Waals surface area contributed by atoms with Gasteiger partial charge in [-0.3, -0.25) is 9.78 Å². The van der Waals surface area contributed by atoms with E-state index in [1.807, 2.05) is 26.1 Å². The van der Waals surface area contributed by atoms with Gasteiger partial charge in [0, 0.05) is 31.4 Å². The maximum absolute atomic E-state index is 11.5. The van der Waals surface area contributed by atoms with E-state index in [0.29, 0.717) is 19.0 Å². The van der Waals surface area contributed by atoms with Gasteiger partial charge in [-0.25, -0.2) is 0 Å². The third kappa shape index (κ3) is 8.28. The minimum Gasteiger partial charge on any atom is -0.355 e. The van der Waals surface area contributed by atoms with Crippen LogP contribution >= 0.6 is 24.8 Å². The first-order valence-electron chi connectivity index (χ1n) is 5.55. The number of aromatic nitrogens is 1. The molecule has 1 amide bonds. The van der Waals surface area contributed by atoms with Crippen LogP contribution in [-0.2, 0) is 11.2 Å². The van der Waals surface area contributed by atoms with E-state index in [9.17, 15) is 4.79 Å². The number of likely N-dealkylation sites (N-methyl/N-ethyl adjacent to an activating group) is 1. The fraction of sp³-hybridized carbons (Fsp3) is 0.500. The molecule has 0 bridgehead atoms. The summed E-state index contributed by atoms with van der Waals surface area (Å²) >= 11 is 0. The fourth-order valence-electron chi connectivity index (χ4n) is 1.26. The quantitative estimate of drug-likeness (QED) is 0.837. The lowest BCUT2D eigenvalue weighted by atomic mass is 10.1. The van der Waals surface area contributed by atoms with Crippen LogP contribution in [0, 0.1) is 0 Å². The number of nitrogens with zero attached hydrogens (tertiary/aromatic N) is 1. The molecule has 0 aromatic carbocycles. The topological polar surface area (TPSA) is 54.0 Å². The minimum absolute atomic E-state index is 0. The number of pyridine rings is 1. The predicted octanol–water partition coefficient (Wildman–Crippen LogP) is 1.58. The number of carbonyl (C=O) groups is 1. The summed E-state index contributed by atoms with van der Waals surface area (Å²) in [6, 6.07) is 4.18. The normalized spacial score (nSPS) is 10.8. The molecule has 1 atom stereocenters. The molecule has 2 N–H and O–H groups in total. The molecule has 0 aliphatic rings. The Morgan fingerprint density at radius 2 is 1.94 bits per heavy atom. The number of halogens is 2. The minimum atomic E-state index is 0. The molecule has 0 saturated heterocycles. The summed E-state index contributed by atoms with van der Waals surface area (Å²) in [7, 11) is 1.88. The van der Waals surface area contributed by atoms with Gasteiger partial charge in [-0.05, 0) is 38.1 Å². The highest BCUT2D eigenvalue weighted by atomic mass is 35.5. The van der Waals surface area contributed by atoms with Gasteiger partial charge in [-0.2, -0.15) is 0 Å². The van der Waals surface area contributed by atoms with E-state index in [2.05, 4.69) is 15.6 Å². The number of hydrogen-bond donors (Lipinski definition) is 2. The number of rotatable bonds is 6. The summed E-state index contributed by atoms with van der Waals surface area (Å²) in [4.78, 5) is 15.4. The average molecular weight is 294 g/mol. The molecule has 0 fully saturated rings. The van der Waals surface area contributed by atoms with Gasteiger partial charge in [0.25, 0.3) is 0 Å². The van der Waals surface area contributed by atoms with Crippen molar-refractivity contribution in [2.24, 2.45) is 0 Å². The molecule has 1 aromatic heterocycles. The van der Waals surface area contributed by atoms with Gasteiger partial charge < -0.3 is 10.6 Å². The maximum Gasteiger partial charge on any atom is 0.220 e. The summed E-state index contributed by atoms with van der Waals surface area (Å²) in [6.45, 7) is 2.70. The van der Waals surface area contributed by atoms with Gasteiger partial charge in [-0.15, -0.1) is 24.8 Å². The van der Waals surface area contributed by atoms with Gasteiger partial charge >= 0.3 is 0 Å². The number of carbonyl (C=O) groups excluding carboxylic acids is 1. The molecule has 0 radical (unpaired) electrons. The van der Waals surface area contributed by atoms with Crippen molar-refractivity contribution in [1.29, 1.82) is 0 Å². The van der Waals surface area contributed by atoms with Crippen LogP contribution in [0.5, 0.6) is 0 Å². The molecule has 0 aliphatic carbocycles. The highest BCUT2D eigenvalue weighted by Crippen LogP contribution is 2.00. The molecule has 1 unspecified atom stereocenters. The molecule has 6 heteroatoms. The highest BCUT2D eigenvalue weighted by molar-refractivity contribution is 5.85. The van der Waals surface area contributed by atoms with Crippen molar-refractivity contribution in [1.82, 2.24) is 15.6 Å². The molecular formula is C12H21Cl2N3O. The second-order valence-corrected chi connectivity index (χ2v) is 3.85. The van der Waals surface area contributed by atoms with E-state index in [1.165, 1.54) is 0 Å². The van der Waals surface area contributed by atoms with E-state index in [0.717, 1.165) is 12.0 Å². The van der Waals surface area contributed by atoms with Gasteiger partial charge in [0.15, 0.2) is 0 Å². The Balaban J connectivity index is 0. The standard InChI is InChI=1S/C12H19N3O.2ClH/c1-10(13-2)9-15-12(16)4-3-11-5-7-14-8-6-11;;/h5-8,10,13H,3-4,9H2,1-2H3,(H,15,16);2*1H. The summed E-state index contributed by atoms with van der Waals surface area (Å²) in [6.07, 6.45) is 4.79. The first kappa shape index (κ1) is 19.5. The van der Waals surface area contributed by atoms with Gasteiger partial charge in [0.05, 0.1) is 0 Å². The van der Waals surface area contributed by atoms with Crippen molar-refractivity contribution in [3.8, 4) is 0 Å². The Labute approximate surface area is 121 Å². The largest absolute Gasteiger partial charge is 0.355 e. The van der Waals surface area contributed by atoms with E-state index in [4.69, 9.17) is 0 Å². The van der Waals surface area contributed by atoms with Crippen LogP contribution in [0.3, 0.4) is 0 Å². The van der Waals surface area contributed by atoms with Crippen LogP contribution in [0.25, 0.3) is 0 Å². The zero-order valence-corrected chi connectivity index (χ0v) is 12.3. The van der Waals surface area contributed by atoms with Crippen LogP contribution in [0.4, 0.5) is 0 Å². The first-order valence-corrected chi connectivity index (χ1v) is 5.55. The molecule has 18 heavy (non-hydrogen) atoms. The third-order valence-electron chi connectivity index (χ3n) is 2.49. The van der Waals surface area contributed by atoms with E-state index in [-0.39, 0.29) is 30.7 Å². The van der Waals surface area contributed by atoms with Crippen LogP contribution < -0.4 is 10.6 Å². The molecule has 1 heterocycles. The maximum atomic E-state index is 11.5. The molecule has 0 aliphatic heterocycles. The SMILES string of the molecule is CNC(C)CNC(=O)CCc1ccncc1.Cl.Cl. The first-order chi connectivity index (χ1) is 7.72. The zero-order chi connectivity index (χ0) is 11.8. The Kier molecular flexibility index (Phi) is 12.2. The Morgan fingerprint density at radius 1 is 1.33 bits per heavy atom. The van der Waals surface area contributed by atoms with E-state index < -0.39 is 0 Å². The molecule has 1 aromatic rings. The molecule has 1 rings (SSSR count).